The summed E-state index contributed by atoms with van der Waals surface area (Å²) in [5.74, 6) is -0.779. The zero-order valence-corrected chi connectivity index (χ0v) is 10.3. The first-order chi connectivity index (χ1) is 7.15. The number of benzene rings is 1. The van der Waals surface area contributed by atoms with Gasteiger partial charge in [0.15, 0.2) is 0 Å². The van der Waals surface area contributed by atoms with Crippen molar-refractivity contribution in [2.45, 2.75) is 31.0 Å². The molecule has 0 saturated heterocycles. The Bertz CT molecular complexity index is 336. The molecule has 2 nitrogen and oxygen atoms in total. The van der Waals surface area contributed by atoms with Gasteiger partial charge in [-0.05, 0) is 17.5 Å². The van der Waals surface area contributed by atoms with Crippen LogP contribution in [0.25, 0.3) is 0 Å². The molecule has 1 aromatic rings. The van der Waals surface area contributed by atoms with E-state index >= 15 is 0 Å². The molecule has 0 saturated carbocycles. The first kappa shape index (κ1) is 12.2. The van der Waals surface area contributed by atoms with Crippen molar-refractivity contribution in [1.29, 1.82) is 0 Å². The monoisotopic (exact) mass is 270 g/mol. The summed E-state index contributed by atoms with van der Waals surface area (Å²) in [4.78, 5) is 10.9. The van der Waals surface area contributed by atoms with Crippen LogP contribution >= 0.6 is 15.9 Å². The molecule has 0 aliphatic rings. The van der Waals surface area contributed by atoms with Crippen LogP contribution in [-0.2, 0) is 11.2 Å². The molecule has 0 bridgehead atoms. The molecule has 0 amide bonds. The van der Waals surface area contributed by atoms with E-state index in [2.05, 4.69) is 22.9 Å². The van der Waals surface area contributed by atoms with Gasteiger partial charge >= 0.3 is 5.97 Å². The summed E-state index contributed by atoms with van der Waals surface area (Å²) >= 11 is 3.59. The molecule has 0 aromatic heterocycles. The minimum Gasteiger partial charge on any atom is -0.481 e. The van der Waals surface area contributed by atoms with Crippen molar-refractivity contribution in [3.63, 3.8) is 0 Å². The lowest BCUT2D eigenvalue weighted by atomic mass is 10.00. The standard InChI is InChI=1S/C12H15BrO2/c1-2-5-11(13)10-7-4-3-6-9(10)8-12(14)15/h3-4,6-7,11H,2,5,8H2,1H3,(H,14,15). The van der Waals surface area contributed by atoms with Crippen LogP contribution in [0.2, 0.25) is 0 Å². The van der Waals surface area contributed by atoms with E-state index in [4.69, 9.17) is 5.11 Å². The van der Waals surface area contributed by atoms with E-state index in [0.29, 0.717) is 0 Å². The summed E-state index contributed by atoms with van der Waals surface area (Å²) in [6.07, 6.45) is 2.20. The highest BCUT2D eigenvalue weighted by Gasteiger charge is 2.12. The summed E-state index contributed by atoms with van der Waals surface area (Å²) in [6, 6.07) is 7.71. The summed E-state index contributed by atoms with van der Waals surface area (Å²) in [5.41, 5.74) is 2.00. The molecule has 1 rings (SSSR count). The molecule has 0 heterocycles. The van der Waals surface area contributed by atoms with E-state index in [1.165, 1.54) is 0 Å². The van der Waals surface area contributed by atoms with Gasteiger partial charge in [-0.15, -0.1) is 0 Å². The van der Waals surface area contributed by atoms with Gasteiger partial charge in [0.1, 0.15) is 0 Å². The molecule has 0 aliphatic carbocycles. The lowest BCUT2D eigenvalue weighted by molar-refractivity contribution is -0.136. The zero-order valence-electron chi connectivity index (χ0n) is 8.74. The van der Waals surface area contributed by atoms with Crippen molar-refractivity contribution in [2.24, 2.45) is 0 Å². The Morgan fingerprint density at radius 3 is 2.73 bits per heavy atom. The number of rotatable bonds is 5. The Morgan fingerprint density at radius 2 is 2.13 bits per heavy atom. The van der Waals surface area contributed by atoms with Crippen LogP contribution in [0.5, 0.6) is 0 Å². The van der Waals surface area contributed by atoms with E-state index in [1.54, 1.807) is 0 Å². The average Bonchev–Trinajstić information content (AvgIpc) is 2.18. The fourth-order valence-electron chi connectivity index (χ4n) is 1.57. The van der Waals surface area contributed by atoms with Gasteiger partial charge in [-0.1, -0.05) is 53.5 Å². The predicted molar refractivity (Wildman–Crippen MR) is 64.4 cm³/mol. The van der Waals surface area contributed by atoms with E-state index in [9.17, 15) is 4.79 Å². The highest BCUT2D eigenvalue weighted by Crippen LogP contribution is 2.30. The smallest absolute Gasteiger partial charge is 0.307 e. The topological polar surface area (TPSA) is 37.3 Å². The Kier molecular flexibility index (Phi) is 4.82. The van der Waals surface area contributed by atoms with Crippen LogP contribution in [0.15, 0.2) is 24.3 Å². The summed E-state index contributed by atoms with van der Waals surface area (Å²) in [5, 5.41) is 8.79. The second kappa shape index (κ2) is 5.91. The van der Waals surface area contributed by atoms with Gasteiger partial charge < -0.3 is 5.11 Å². The van der Waals surface area contributed by atoms with E-state index < -0.39 is 5.97 Å². The molecular weight excluding hydrogens is 256 g/mol. The normalized spacial score (nSPS) is 12.4. The minimum atomic E-state index is -0.779. The maximum Gasteiger partial charge on any atom is 0.307 e. The first-order valence-electron chi connectivity index (χ1n) is 5.08. The van der Waals surface area contributed by atoms with Crippen LogP contribution < -0.4 is 0 Å². The number of hydrogen-bond acceptors (Lipinski definition) is 1. The van der Waals surface area contributed by atoms with Crippen molar-refractivity contribution in [2.75, 3.05) is 0 Å². The number of carboxylic acid groups (broad SMARTS) is 1. The molecule has 1 atom stereocenters. The van der Waals surface area contributed by atoms with Gasteiger partial charge in [0, 0.05) is 4.83 Å². The van der Waals surface area contributed by atoms with E-state index in [1.807, 2.05) is 24.3 Å². The maximum absolute atomic E-state index is 10.7. The Balaban J connectivity index is 2.89. The van der Waals surface area contributed by atoms with Gasteiger partial charge in [0.25, 0.3) is 0 Å². The van der Waals surface area contributed by atoms with Crippen molar-refractivity contribution in [3.8, 4) is 0 Å². The molecule has 1 unspecified atom stereocenters. The fraction of sp³-hybridized carbons (Fsp3) is 0.417. The van der Waals surface area contributed by atoms with E-state index in [-0.39, 0.29) is 11.2 Å². The number of alkyl halides is 1. The largest absolute Gasteiger partial charge is 0.481 e. The number of carboxylic acids is 1. The third-order valence-corrected chi connectivity index (χ3v) is 3.23. The SMILES string of the molecule is CCCC(Br)c1ccccc1CC(=O)O. The first-order valence-corrected chi connectivity index (χ1v) is 6.00. The molecule has 1 N–H and O–H groups in total. The third kappa shape index (κ3) is 3.67. The van der Waals surface area contributed by atoms with E-state index in [0.717, 1.165) is 24.0 Å². The van der Waals surface area contributed by atoms with Gasteiger partial charge in [0.2, 0.25) is 0 Å². The lowest BCUT2D eigenvalue weighted by Gasteiger charge is -2.13. The maximum atomic E-state index is 10.7. The highest BCUT2D eigenvalue weighted by atomic mass is 79.9. The minimum absolute atomic E-state index is 0.0992. The van der Waals surface area contributed by atoms with Crippen molar-refractivity contribution in [1.82, 2.24) is 0 Å². The molecule has 1 aromatic carbocycles. The van der Waals surface area contributed by atoms with Crippen LogP contribution in [0.3, 0.4) is 0 Å². The molecule has 0 aliphatic heterocycles. The molecule has 0 spiro atoms. The lowest BCUT2D eigenvalue weighted by Crippen LogP contribution is -2.04. The average molecular weight is 271 g/mol. The summed E-state index contributed by atoms with van der Waals surface area (Å²) in [7, 11) is 0. The molecule has 3 heteroatoms. The van der Waals surface area contributed by atoms with Crippen LogP contribution in [0, 0.1) is 0 Å². The predicted octanol–water partition coefficient (Wildman–Crippen LogP) is 3.55. The number of carbonyl (C=O) groups is 1. The number of aliphatic carboxylic acids is 1. The van der Waals surface area contributed by atoms with Gasteiger partial charge in [-0.25, -0.2) is 0 Å². The Morgan fingerprint density at radius 1 is 1.47 bits per heavy atom. The van der Waals surface area contributed by atoms with Crippen molar-refractivity contribution >= 4 is 21.9 Å². The van der Waals surface area contributed by atoms with Crippen molar-refractivity contribution in [3.05, 3.63) is 35.4 Å². The second-order valence-corrected chi connectivity index (χ2v) is 4.63. The van der Waals surface area contributed by atoms with Crippen LogP contribution in [0.4, 0.5) is 0 Å². The highest BCUT2D eigenvalue weighted by molar-refractivity contribution is 9.09. The Hall–Kier alpha value is -0.830. The quantitative estimate of drug-likeness (QED) is 0.831. The molecule has 0 fully saturated rings. The molecule has 15 heavy (non-hydrogen) atoms. The van der Waals surface area contributed by atoms with Gasteiger partial charge in [-0.2, -0.15) is 0 Å². The van der Waals surface area contributed by atoms with Crippen LogP contribution in [0.1, 0.15) is 35.7 Å². The van der Waals surface area contributed by atoms with Crippen LogP contribution in [-0.4, -0.2) is 11.1 Å². The molecular formula is C12H15BrO2. The Labute approximate surface area is 98.4 Å². The second-order valence-electron chi connectivity index (χ2n) is 3.53. The van der Waals surface area contributed by atoms with Gasteiger partial charge in [0.05, 0.1) is 6.42 Å². The van der Waals surface area contributed by atoms with Crippen molar-refractivity contribution < 1.29 is 9.90 Å². The fourth-order valence-corrected chi connectivity index (χ4v) is 2.48. The number of hydrogen-bond donors (Lipinski definition) is 1. The summed E-state index contributed by atoms with van der Waals surface area (Å²) in [6.45, 7) is 2.12. The number of halogens is 1. The third-order valence-electron chi connectivity index (χ3n) is 2.28. The summed E-state index contributed by atoms with van der Waals surface area (Å²) < 4.78 is 0. The van der Waals surface area contributed by atoms with Gasteiger partial charge in [-0.3, -0.25) is 4.79 Å². The zero-order chi connectivity index (χ0) is 11.3. The molecule has 82 valence electrons. The molecule has 0 radical (unpaired) electrons.